The Bertz CT molecular complexity index is 601. The summed E-state index contributed by atoms with van der Waals surface area (Å²) in [5.41, 5.74) is 7.02. The van der Waals surface area contributed by atoms with Gasteiger partial charge in [0.2, 0.25) is 5.91 Å². The van der Waals surface area contributed by atoms with Crippen LogP contribution in [0.5, 0.6) is 0 Å². The number of unbranched alkanes of at least 4 members (excludes halogenated alkanes) is 1. The van der Waals surface area contributed by atoms with Crippen LogP contribution in [-0.4, -0.2) is 32.2 Å². The topological polar surface area (TPSA) is 98.7 Å². The number of rotatable bonds is 6. The van der Waals surface area contributed by atoms with Crippen LogP contribution in [0.2, 0.25) is 5.02 Å². The number of carbonyl (C=O) groups excluding carboxylic acids is 1. The number of tetrazole rings is 1. The normalized spacial score (nSPS) is 12.1. The predicted octanol–water partition coefficient (Wildman–Crippen LogP) is 1.77. The molecule has 0 fully saturated rings. The second-order valence-electron chi connectivity index (χ2n) is 4.66. The Hall–Kier alpha value is -1.99. The average Bonchev–Trinajstić information content (AvgIpc) is 3.01. The van der Waals surface area contributed by atoms with Crippen molar-refractivity contribution < 1.29 is 4.79 Å². The lowest BCUT2D eigenvalue weighted by Gasteiger charge is -2.13. The van der Waals surface area contributed by atoms with Crippen molar-refractivity contribution in [3.05, 3.63) is 29.5 Å². The molecule has 0 spiro atoms. The lowest BCUT2D eigenvalue weighted by Crippen LogP contribution is -2.35. The maximum absolute atomic E-state index is 12.0. The van der Waals surface area contributed by atoms with E-state index >= 15 is 0 Å². The summed E-state index contributed by atoms with van der Waals surface area (Å²) in [6.45, 7) is 2.05. The number of carbonyl (C=O) groups is 1. The van der Waals surface area contributed by atoms with Crippen molar-refractivity contribution in [1.82, 2.24) is 20.2 Å². The number of nitrogens with one attached hydrogen (secondary N) is 1. The van der Waals surface area contributed by atoms with Crippen molar-refractivity contribution in [2.45, 2.75) is 32.2 Å². The highest BCUT2D eigenvalue weighted by molar-refractivity contribution is 6.33. The van der Waals surface area contributed by atoms with E-state index in [1.54, 1.807) is 18.2 Å². The van der Waals surface area contributed by atoms with E-state index in [2.05, 4.69) is 27.8 Å². The second kappa shape index (κ2) is 7.14. The van der Waals surface area contributed by atoms with E-state index < -0.39 is 6.04 Å². The monoisotopic (exact) mass is 308 g/mol. The third kappa shape index (κ3) is 3.99. The van der Waals surface area contributed by atoms with Gasteiger partial charge in [0.15, 0.2) is 0 Å². The van der Waals surface area contributed by atoms with Gasteiger partial charge in [-0.15, -0.1) is 5.10 Å². The molecule has 8 heteroatoms. The molecule has 112 valence electrons. The minimum atomic E-state index is -0.544. The average molecular weight is 309 g/mol. The van der Waals surface area contributed by atoms with Gasteiger partial charge in [-0.3, -0.25) is 4.79 Å². The molecule has 3 N–H and O–H groups in total. The molecule has 0 unspecified atom stereocenters. The Labute approximate surface area is 127 Å². The quantitative estimate of drug-likeness (QED) is 0.847. The summed E-state index contributed by atoms with van der Waals surface area (Å²) < 4.78 is 1.48. The Balaban J connectivity index is 2.12. The van der Waals surface area contributed by atoms with Gasteiger partial charge in [-0.2, -0.15) is 0 Å². The maximum atomic E-state index is 12.0. The van der Waals surface area contributed by atoms with Crippen LogP contribution in [-0.2, 0) is 4.79 Å². The van der Waals surface area contributed by atoms with Crippen molar-refractivity contribution in [3.63, 3.8) is 0 Å². The molecule has 1 aromatic heterocycles. The summed E-state index contributed by atoms with van der Waals surface area (Å²) in [5.74, 6) is -0.251. The Morgan fingerprint density at radius 3 is 3.00 bits per heavy atom. The molecule has 0 aliphatic carbocycles. The summed E-state index contributed by atoms with van der Waals surface area (Å²) in [6, 6.07) is 4.58. The molecule has 1 amide bonds. The van der Waals surface area contributed by atoms with E-state index in [9.17, 15) is 4.79 Å². The summed E-state index contributed by atoms with van der Waals surface area (Å²) in [5, 5.41) is 14.1. The van der Waals surface area contributed by atoms with Crippen molar-refractivity contribution in [2.75, 3.05) is 5.32 Å². The van der Waals surface area contributed by atoms with E-state index in [1.807, 2.05) is 0 Å². The van der Waals surface area contributed by atoms with Gasteiger partial charge in [0.05, 0.1) is 22.4 Å². The van der Waals surface area contributed by atoms with Gasteiger partial charge in [-0.05, 0) is 35.0 Å². The zero-order valence-corrected chi connectivity index (χ0v) is 12.4. The smallest absolute Gasteiger partial charge is 0.241 e. The van der Waals surface area contributed by atoms with Crippen LogP contribution in [0.15, 0.2) is 24.5 Å². The third-order valence-corrected chi connectivity index (χ3v) is 3.36. The van der Waals surface area contributed by atoms with Crippen LogP contribution in [0, 0.1) is 0 Å². The lowest BCUT2D eigenvalue weighted by atomic mass is 10.1. The minimum Gasteiger partial charge on any atom is -0.323 e. The summed E-state index contributed by atoms with van der Waals surface area (Å²) in [7, 11) is 0. The number of halogens is 1. The maximum Gasteiger partial charge on any atom is 0.241 e. The summed E-state index contributed by atoms with van der Waals surface area (Å²) in [6.07, 6.45) is 4.01. The highest BCUT2D eigenvalue weighted by Crippen LogP contribution is 2.24. The largest absolute Gasteiger partial charge is 0.323 e. The second-order valence-corrected chi connectivity index (χ2v) is 5.06. The first kappa shape index (κ1) is 15.4. The fourth-order valence-electron chi connectivity index (χ4n) is 1.81. The first-order valence-corrected chi connectivity index (χ1v) is 7.09. The van der Waals surface area contributed by atoms with Crippen LogP contribution in [0.25, 0.3) is 5.69 Å². The summed E-state index contributed by atoms with van der Waals surface area (Å²) >= 11 is 6.09. The highest BCUT2D eigenvalue weighted by Gasteiger charge is 2.15. The molecule has 1 atom stereocenters. The van der Waals surface area contributed by atoms with Crippen LogP contribution >= 0.6 is 11.6 Å². The van der Waals surface area contributed by atoms with Gasteiger partial charge in [-0.1, -0.05) is 31.4 Å². The molecule has 1 aromatic carbocycles. The Morgan fingerprint density at radius 2 is 2.33 bits per heavy atom. The Kier molecular flexibility index (Phi) is 5.24. The van der Waals surface area contributed by atoms with E-state index in [4.69, 9.17) is 17.3 Å². The van der Waals surface area contributed by atoms with Crippen LogP contribution in [0.1, 0.15) is 26.2 Å². The molecular weight excluding hydrogens is 292 g/mol. The zero-order valence-electron chi connectivity index (χ0n) is 11.7. The third-order valence-electron chi connectivity index (χ3n) is 3.03. The van der Waals surface area contributed by atoms with Gasteiger partial charge in [0, 0.05) is 0 Å². The van der Waals surface area contributed by atoms with Crippen molar-refractivity contribution in [1.29, 1.82) is 0 Å². The first-order valence-electron chi connectivity index (χ1n) is 6.71. The van der Waals surface area contributed by atoms with Gasteiger partial charge in [0.25, 0.3) is 0 Å². The molecule has 7 nitrogen and oxygen atoms in total. The standard InChI is InChI=1S/C13H17ClN6O/c1-2-3-4-11(15)13(21)17-12-7-9(5-6-10(12)14)20-8-16-18-19-20/h5-8,11H,2-4,15H2,1H3,(H,17,21)/t11-/m0/s1. The van der Waals surface area contributed by atoms with E-state index in [0.29, 0.717) is 22.8 Å². The SMILES string of the molecule is CCCC[C@H](N)C(=O)Nc1cc(-n2cnnn2)ccc1Cl. The number of aromatic nitrogens is 4. The number of hydrogen-bond donors (Lipinski definition) is 2. The summed E-state index contributed by atoms with van der Waals surface area (Å²) in [4.78, 5) is 12.0. The predicted molar refractivity (Wildman–Crippen MR) is 80.3 cm³/mol. The molecule has 0 aliphatic rings. The molecule has 1 heterocycles. The van der Waals surface area contributed by atoms with E-state index in [1.165, 1.54) is 11.0 Å². The minimum absolute atomic E-state index is 0.251. The fraction of sp³-hybridized carbons (Fsp3) is 0.385. The van der Waals surface area contributed by atoms with Gasteiger partial charge in [0.1, 0.15) is 6.33 Å². The van der Waals surface area contributed by atoms with Crippen LogP contribution < -0.4 is 11.1 Å². The van der Waals surface area contributed by atoms with Gasteiger partial charge < -0.3 is 11.1 Å². The molecule has 0 radical (unpaired) electrons. The molecule has 0 saturated carbocycles. The number of nitrogens with zero attached hydrogens (tertiary/aromatic N) is 4. The fourth-order valence-corrected chi connectivity index (χ4v) is 1.98. The molecule has 2 rings (SSSR count). The Morgan fingerprint density at radius 1 is 1.52 bits per heavy atom. The van der Waals surface area contributed by atoms with Crippen LogP contribution in [0.3, 0.4) is 0 Å². The molecule has 0 bridgehead atoms. The molecule has 0 saturated heterocycles. The number of benzene rings is 1. The van der Waals surface area contributed by atoms with E-state index in [-0.39, 0.29) is 5.91 Å². The highest BCUT2D eigenvalue weighted by atomic mass is 35.5. The first-order chi connectivity index (χ1) is 10.1. The number of nitrogens with two attached hydrogens (primary N) is 1. The molecule has 0 aliphatic heterocycles. The number of anilines is 1. The van der Waals surface area contributed by atoms with Gasteiger partial charge >= 0.3 is 0 Å². The van der Waals surface area contributed by atoms with Crippen LogP contribution in [0.4, 0.5) is 5.69 Å². The lowest BCUT2D eigenvalue weighted by molar-refractivity contribution is -0.117. The molecular formula is C13H17ClN6O. The number of hydrogen-bond acceptors (Lipinski definition) is 5. The van der Waals surface area contributed by atoms with Crippen molar-refractivity contribution in [3.8, 4) is 5.69 Å². The van der Waals surface area contributed by atoms with Crippen molar-refractivity contribution >= 4 is 23.2 Å². The van der Waals surface area contributed by atoms with Crippen molar-refractivity contribution in [2.24, 2.45) is 5.73 Å². The van der Waals surface area contributed by atoms with E-state index in [0.717, 1.165) is 12.8 Å². The molecule has 21 heavy (non-hydrogen) atoms. The number of amides is 1. The zero-order chi connectivity index (χ0) is 15.2. The van der Waals surface area contributed by atoms with Gasteiger partial charge in [-0.25, -0.2) is 4.68 Å². The molecule has 2 aromatic rings.